The maximum Gasteiger partial charge on any atom is 0.500 e. The third-order valence-corrected chi connectivity index (χ3v) is 7.61. The zero-order valence-corrected chi connectivity index (χ0v) is 16.4. The molecule has 0 aromatic rings. The van der Waals surface area contributed by atoms with E-state index in [1.54, 1.807) is 13.8 Å². The summed E-state index contributed by atoms with van der Waals surface area (Å²) in [5.41, 5.74) is 0. The summed E-state index contributed by atoms with van der Waals surface area (Å²) in [7, 11) is -5.84. The predicted octanol–water partition coefficient (Wildman–Crippen LogP) is 3.20. The highest BCUT2D eigenvalue weighted by Crippen LogP contribution is 2.43. The molecule has 0 radical (unpaired) electrons. The first-order valence-electron chi connectivity index (χ1n) is 8.07. The topological polar surface area (TPSA) is 75.3 Å². The molecule has 134 valence electrons. The maximum atomic E-state index is 12.3. The summed E-state index contributed by atoms with van der Waals surface area (Å²) in [5, 5.41) is 2.86. The van der Waals surface area contributed by atoms with E-state index in [0.717, 1.165) is 0 Å². The number of hydrogen-bond donors (Lipinski definition) is 1. The van der Waals surface area contributed by atoms with Crippen LogP contribution in [0.25, 0.3) is 0 Å². The van der Waals surface area contributed by atoms with Crippen molar-refractivity contribution in [3.8, 4) is 0 Å². The Kier molecular flexibility index (Phi) is 12.7. The number of hydrogen-bond acceptors (Lipinski definition) is 6. The molecule has 0 spiro atoms. The fraction of sp³-hybridized carbons (Fsp3) is 1.00. The van der Waals surface area contributed by atoms with Crippen LogP contribution >= 0.6 is 7.75 Å². The molecule has 0 bridgehead atoms. The minimum atomic E-state index is -3.20. The molecule has 0 atom stereocenters. The van der Waals surface area contributed by atoms with E-state index in [9.17, 15) is 4.57 Å². The SMILES string of the molecule is CCO[Si](CCCNP(=O)(OCC)OCC)(OCC)OCC. The average Bonchev–Trinajstić information content (AvgIpc) is 2.45. The molecular weight excluding hydrogens is 325 g/mol. The fourth-order valence-corrected chi connectivity index (χ4v) is 5.97. The minimum absolute atomic E-state index is 0.333. The first kappa shape index (κ1) is 22.2. The molecule has 0 aromatic heterocycles. The zero-order valence-electron chi connectivity index (χ0n) is 14.6. The Morgan fingerprint density at radius 3 is 1.64 bits per heavy atom. The van der Waals surface area contributed by atoms with Crippen LogP contribution in [0.5, 0.6) is 0 Å². The Labute approximate surface area is 136 Å². The molecule has 0 saturated heterocycles. The van der Waals surface area contributed by atoms with Crippen molar-refractivity contribution in [1.82, 2.24) is 5.09 Å². The molecule has 22 heavy (non-hydrogen) atoms. The lowest BCUT2D eigenvalue weighted by atomic mass is 10.5. The first-order valence-corrected chi connectivity index (χ1v) is 11.5. The van der Waals surface area contributed by atoms with Gasteiger partial charge in [0, 0.05) is 32.4 Å². The van der Waals surface area contributed by atoms with Crippen molar-refractivity contribution in [2.24, 2.45) is 0 Å². The van der Waals surface area contributed by atoms with Crippen LogP contribution in [0.15, 0.2) is 0 Å². The second-order valence-corrected chi connectivity index (χ2v) is 8.89. The van der Waals surface area contributed by atoms with Crippen LogP contribution in [0.3, 0.4) is 0 Å². The summed E-state index contributed by atoms with van der Waals surface area (Å²) < 4.78 is 40.0. The summed E-state index contributed by atoms with van der Waals surface area (Å²) >= 11 is 0. The Balaban J connectivity index is 4.44. The molecule has 0 heterocycles. The molecule has 0 amide bonds. The summed E-state index contributed by atoms with van der Waals surface area (Å²) in [6.07, 6.45) is 0.705. The maximum absolute atomic E-state index is 12.3. The molecule has 0 fully saturated rings. The van der Waals surface area contributed by atoms with Crippen molar-refractivity contribution in [3.05, 3.63) is 0 Å². The summed E-state index contributed by atoms with van der Waals surface area (Å²) in [5.74, 6) is 0. The van der Waals surface area contributed by atoms with Crippen LogP contribution in [0.1, 0.15) is 41.0 Å². The second-order valence-electron chi connectivity index (χ2n) is 4.33. The van der Waals surface area contributed by atoms with Crippen LogP contribution in [0.2, 0.25) is 6.04 Å². The van der Waals surface area contributed by atoms with E-state index in [1.807, 2.05) is 20.8 Å². The third-order valence-electron chi connectivity index (χ3n) is 2.66. The van der Waals surface area contributed by atoms with Crippen LogP contribution < -0.4 is 5.09 Å². The van der Waals surface area contributed by atoms with Crippen LogP contribution in [-0.4, -0.2) is 48.4 Å². The van der Waals surface area contributed by atoms with Gasteiger partial charge in [-0.2, -0.15) is 0 Å². The van der Waals surface area contributed by atoms with Crippen molar-refractivity contribution in [2.45, 2.75) is 47.1 Å². The molecule has 9 heteroatoms. The Morgan fingerprint density at radius 1 is 0.818 bits per heavy atom. The molecule has 0 aliphatic carbocycles. The van der Waals surface area contributed by atoms with Gasteiger partial charge >= 0.3 is 16.6 Å². The molecule has 0 unspecified atom stereocenters. The number of rotatable bonds is 15. The van der Waals surface area contributed by atoms with E-state index in [-0.39, 0.29) is 0 Å². The van der Waals surface area contributed by atoms with E-state index in [1.165, 1.54) is 0 Å². The molecule has 0 aromatic carbocycles. The van der Waals surface area contributed by atoms with Gasteiger partial charge in [0.05, 0.1) is 13.2 Å². The van der Waals surface area contributed by atoms with Gasteiger partial charge in [-0.25, -0.2) is 9.65 Å². The first-order chi connectivity index (χ1) is 10.5. The van der Waals surface area contributed by atoms with Crippen LogP contribution in [-0.2, 0) is 26.9 Å². The smallest absolute Gasteiger partial charge is 0.374 e. The summed E-state index contributed by atoms with van der Waals surface area (Å²) in [4.78, 5) is 0. The summed E-state index contributed by atoms with van der Waals surface area (Å²) in [6, 6.07) is 0.660. The standard InChI is InChI=1S/C13H32NO6PSi/c1-6-16-21(15,17-7-2)14-12-11-13-22(18-8-3,19-9-4)20-10-5/h6-13H2,1-5H3,(H,14,15). The Hall–Kier alpha value is 0.207. The quantitative estimate of drug-likeness (QED) is 0.274. The summed E-state index contributed by atoms with van der Waals surface area (Å²) in [6.45, 7) is 12.2. The molecule has 1 N–H and O–H groups in total. The van der Waals surface area contributed by atoms with Gasteiger partial charge in [0.15, 0.2) is 0 Å². The van der Waals surface area contributed by atoms with Crippen molar-refractivity contribution >= 4 is 16.6 Å². The predicted molar refractivity (Wildman–Crippen MR) is 88.9 cm³/mol. The molecule has 0 saturated carbocycles. The largest absolute Gasteiger partial charge is 0.500 e. The van der Waals surface area contributed by atoms with Crippen LogP contribution in [0.4, 0.5) is 0 Å². The molecule has 0 rings (SSSR count). The lowest BCUT2D eigenvalue weighted by Crippen LogP contribution is -2.46. The molecular formula is C13H32NO6PSi. The average molecular weight is 357 g/mol. The lowest BCUT2D eigenvalue weighted by Gasteiger charge is -2.28. The highest BCUT2D eigenvalue weighted by atomic mass is 31.2. The van der Waals surface area contributed by atoms with Gasteiger partial charge in [-0.3, -0.25) is 9.05 Å². The van der Waals surface area contributed by atoms with Gasteiger partial charge in [-0.15, -0.1) is 0 Å². The van der Waals surface area contributed by atoms with E-state index in [0.29, 0.717) is 52.0 Å². The van der Waals surface area contributed by atoms with E-state index in [4.69, 9.17) is 22.3 Å². The van der Waals surface area contributed by atoms with Crippen molar-refractivity contribution in [3.63, 3.8) is 0 Å². The molecule has 0 aliphatic rings. The lowest BCUT2D eigenvalue weighted by molar-refractivity contribution is 0.0708. The van der Waals surface area contributed by atoms with Gasteiger partial charge in [0.1, 0.15) is 0 Å². The Bertz CT molecular complexity index is 294. The fourth-order valence-electron chi connectivity index (χ4n) is 1.99. The molecule has 0 aliphatic heterocycles. The third kappa shape index (κ3) is 8.74. The minimum Gasteiger partial charge on any atom is -0.374 e. The van der Waals surface area contributed by atoms with Gasteiger partial charge in [-0.05, 0) is 41.0 Å². The highest BCUT2D eigenvalue weighted by molar-refractivity contribution is 7.51. The second kappa shape index (κ2) is 12.6. The number of nitrogens with one attached hydrogen (secondary N) is 1. The monoisotopic (exact) mass is 357 g/mol. The van der Waals surface area contributed by atoms with E-state index < -0.39 is 16.6 Å². The van der Waals surface area contributed by atoms with E-state index >= 15 is 0 Å². The van der Waals surface area contributed by atoms with Crippen molar-refractivity contribution in [1.29, 1.82) is 0 Å². The van der Waals surface area contributed by atoms with Gasteiger partial charge in [-0.1, -0.05) is 0 Å². The normalized spacial score (nSPS) is 12.8. The Morgan fingerprint density at radius 2 is 1.27 bits per heavy atom. The van der Waals surface area contributed by atoms with Gasteiger partial charge in [0.2, 0.25) is 0 Å². The van der Waals surface area contributed by atoms with E-state index in [2.05, 4.69) is 5.09 Å². The van der Waals surface area contributed by atoms with Crippen LogP contribution in [0, 0.1) is 0 Å². The highest BCUT2D eigenvalue weighted by Gasteiger charge is 2.39. The molecule has 7 nitrogen and oxygen atoms in total. The zero-order chi connectivity index (χ0) is 16.9. The van der Waals surface area contributed by atoms with Gasteiger partial charge < -0.3 is 13.3 Å². The van der Waals surface area contributed by atoms with Crippen molar-refractivity contribution < 1.29 is 26.9 Å². The van der Waals surface area contributed by atoms with Gasteiger partial charge in [0.25, 0.3) is 0 Å². The van der Waals surface area contributed by atoms with Crippen molar-refractivity contribution in [2.75, 3.05) is 39.6 Å².